The first kappa shape index (κ1) is 15.5. The van der Waals surface area contributed by atoms with E-state index in [1.807, 2.05) is 0 Å². The molecule has 0 bridgehead atoms. The minimum Gasteiger partial charge on any atom is -0.267 e. The number of aromatic nitrogens is 2. The molecule has 1 aromatic heterocycles. The summed E-state index contributed by atoms with van der Waals surface area (Å²) < 4.78 is 46.8. The molecule has 104 valence electrons. The van der Waals surface area contributed by atoms with Gasteiger partial charge in [0.2, 0.25) is 0 Å². The molecule has 0 radical (unpaired) electrons. The highest BCUT2D eigenvalue weighted by atomic mass is 35.7. The van der Waals surface area contributed by atoms with Gasteiger partial charge in [0.1, 0.15) is 4.90 Å². The van der Waals surface area contributed by atoms with Crippen molar-refractivity contribution in [3.05, 3.63) is 11.4 Å². The maximum atomic E-state index is 11.4. The average Bonchev–Trinajstić information content (AvgIpc) is 2.50. The lowest BCUT2D eigenvalue weighted by atomic mass is 10.4. The van der Waals surface area contributed by atoms with Crippen LogP contribution in [0.4, 0.5) is 0 Å². The van der Waals surface area contributed by atoms with E-state index in [0.717, 1.165) is 0 Å². The summed E-state index contributed by atoms with van der Waals surface area (Å²) >= 11 is 0. The number of sulfone groups is 1. The summed E-state index contributed by atoms with van der Waals surface area (Å²) in [6.07, 6.45) is 0. The van der Waals surface area contributed by atoms with E-state index < -0.39 is 18.9 Å². The van der Waals surface area contributed by atoms with E-state index in [9.17, 15) is 16.8 Å². The van der Waals surface area contributed by atoms with E-state index in [0.29, 0.717) is 5.69 Å². The Labute approximate surface area is 111 Å². The Balaban J connectivity index is 3.08. The SMILES string of the molecule is CCS(=O)(=O)CCn1nc(C)c(S(=O)(=O)Cl)c1C. The third kappa shape index (κ3) is 3.46. The summed E-state index contributed by atoms with van der Waals surface area (Å²) in [6, 6.07) is 0. The fourth-order valence-electron chi connectivity index (χ4n) is 1.62. The molecule has 0 unspecified atom stereocenters. The summed E-state index contributed by atoms with van der Waals surface area (Å²) in [4.78, 5) is -0.0435. The zero-order chi connectivity index (χ0) is 14.1. The van der Waals surface area contributed by atoms with Crippen LogP contribution in [0.2, 0.25) is 0 Å². The van der Waals surface area contributed by atoms with Gasteiger partial charge in [-0.3, -0.25) is 4.68 Å². The Hall–Kier alpha value is -0.600. The largest absolute Gasteiger partial charge is 0.267 e. The van der Waals surface area contributed by atoms with Crippen molar-refractivity contribution in [2.75, 3.05) is 11.5 Å². The van der Waals surface area contributed by atoms with Crippen molar-refractivity contribution >= 4 is 29.6 Å². The van der Waals surface area contributed by atoms with Gasteiger partial charge in [-0.25, -0.2) is 16.8 Å². The molecular weight excluding hydrogens is 300 g/mol. The lowest BCUT2D eigenvalue weighted by molar-refractivity contribution is 0.576. The quantitative estimate of drug-likeness (QED) is 0.752. The molecule has 0 atom stereocenters. The van der Waals surface area contributed by atoms with E-state index in [4.69, 9.17) is 10.7 Å². The maximum absolute atomic E-state index is 11.4. The minimum absolute atomic E-state index is 0.0435. The molecule has 1 aromatic rings. The van der Waals surface area contributed by atoms with Gasteiger partial charge < -0.3 is 0 Å². The van der Waals surface area contributed by atoms with Crippen molar-refractivity contribution in [3.63, 3.8) is 0 Å². The number of rotatable bonds is 5. The van der Waals surface area contributed by atoms with Crippen molar-refractivity contribution in [3.8, 4) is 0 Å². The number of hydrogen-bond donors (Lipinski definition) is 0. The molecule has 0 saturated heterocycles. The Morgan fingerprint density at radius 3 is 2.17 bits per heavy atom. The van der Waals surface area contributed by atoms with Crippen molar-refractivity contribution in [1.82, 2.24) is 9.78 Å². The van der Waals surface area contributed by atoms with Crippen LogP contribution in [0, 0.1) is 13.8 Å². The highest BCUT2D eigenvalue weighted by Crippen LogP contribution is 2.23. The van der Waals surface area contributed by atoms with Crippen molar-refractivity contribution in [2.45, 2.75) is 32.2 Å². The molecule has 0 saturated carbocycles. The van der Waals surface area contributed by atoms with Gasteiger partial charge in [-0.15, -0.1) is 0 Å². The first-order valence-electron chi connectivity index (χ1n) is 5.27. The third-order valence-electron chi connectivity index (χ3n) is 2.61. The lowest BCUT2D eigenvalue weighted by Crippen LogP contribution is -2.16. The van der Waals surface area contributed by atoms with E-state index in [1.165, 1.54) is 11.6 Å². The molecule has 9 heteroatoms. The zero-order valence-electron chi connectivity index (χ0n) is 10.3. The molecule has 18 heavy (non-hydrogen) atoms. The van der Waals surface area contributed by atoms with Crippen LogP contribution < -0.4 is 0 Å². The highest BCUT2D eigenvalue weighted by molar-refractivity contribution is 8.13. The van der Waals surface area contributed by atoms with Crippen LogP contribution >= 0.6 is 10.7 Å². The van der Waals surface area contributed by atoms with Gasteiger partial charge in [0, 0.05) is 16.4 Å². The van der Waals surface area contributed by atoms with Gasteiger partial charge >= 0.3 is 0 Å². The van der Waals surface area contributed by atoms with Crippen molar-refractivity contribution < 1.29 is 16.8 Å². The second-order valence-electron chi connectivity index (χ2n) is 3.90. The van der Waals surface area contributed by atoms with Gasteiger partial charge in [-0.2, -0.15) is 5.10 Å². The first-order valence-corrected chi connectivity index (χ1v) is 9.40. The van der Waals surface area contributed by atoms with Crippen molar-refractivity contribution in [1.29, 1.82) is 0 Å². The number of nitrogens with zero attached hydrogens (tertiary/aromatic N) is 2. The number of halogens is 1. The topological polar surface area (TPSA) is 86.1 Å². The van der Waals surface area contributed by atoms with Crippen molar-refractivity contribution in [2.24, 2.45) is 0 Å². The lowest BCUT2D eigenvalue weighted by Gasteiger charge is -2.04. The van der Waals surface area contributed by atoms with Crippen LogP contribution in [0.1, 0.15) is 18.3 Å². The zero-order valence-corrected chi connectivity index (χ0v) is 12.7. The molecule has 0 aliphatic carbocycles. The van der Waals surface area contributed by atoms with Crippen LogP contribution in [0.5, 0.6) is 0 Å². The fraction of sp³-hybridized carbons (Fsp3) is 0.667. The number of aryl methyl sites for hydroxylation is 2. The Morgan fingerprint density at radius 1 is 1.22 bits per heavy atom. The summed E-state index contributed by atoms with van der Waals surface area (Å²) in [5, 5.41) is 4.00. The molecule has 6 nitrogen and oxygen atoms in total. The predicted molar refractivity (Wildman–Crippen MR) is 69.1 cm³/mol. The van der Waals surface area contributed by atoms with Gasteiger partial charge in [0.05, 0.1) is 23.7 Å². The van der Waals surface area contributed by atoms with Crippen LogP contribution in [-0.4, -0.2) is 38.1 Å². The molecular formula is C9H15ClN2O4S2. The van der Waals surface area contributed by atoms with Crippen LogP contribution in [-0.2, 0) is 25.4 Å². The van der Waals surface area contributed by atoms with E-state index in [-0.39, 0.29) is 28.6 Å². The second kappa shape index (κ2) is 5.18. The van der Waals surface area contributed by atoms with E-state index >= 15 is 0 Å². The molecule has 0 aromatic carbocycles. The highest BCUT2D eigenvalue weighted by Gasteiger charge is 2.22. The molecule has 1 rings (SSSR count). The van der Waals surface area contributed by atoms with Crippen LogP contribution in [0.15, 0.2) is 4.90 Å². The van der Waals surface area contributed by atoms with Gasteiger partial charge in [-0.05, 0) is 13.8 Å². The smallest absolute Gasteiger partial charge is 0.264 e. The monoisotopic (exact) mass is 314 g/mol. The number of hydrogen-bond acceptors (Lipinski definition) is 5. The summed E-state index contributed by atoms with van der Waals surface area (Å²) in [7, 11) is -1.68. The summed E-state index contributed by atoms with van der Waals surface area (Å²) in [5.74, 6) is -0.0276. The van der Waals surface area contributed by atoms with Crippen LogP contribution in [0.25, 0.3) is 0 Å². The third-order valence-corrected chi connectivity index (χ3v) is 5.84. The van der Waals surface area contributed by atoms with E-state index in [1.54, 1.807) is 13.8 Å². The van der Waals surface area contributed by atoms with Crippen LogP contribution in [0.3, 0.4) is 0 Å². The summed E-state index contributed by atoms with van der Waals surface area (Å²) in [6.45, 7) is 4.75. The average molecular weight is 315 g/mol. The second-order valence-corrected chi connectivity index (χ2v) is 8.87. The minimum atomic E-state index is -3.86. The normalized spacial score (nSPS) is 12.9. The molecule has 1 heterocycles. The van der Waals surface area contributed by atoms with Gasteiger partial charge in [-0.1, -0.05) is 6.92 Å². The first-order chi connectivity index (χ1) is 8.08. The predicted octanol–water partition coefficient (Wildman–Crippen LogP) is 0.862. The Morgan fingerprint density at radius 2 is 1.78 bits per heavy atom. The molecule has 0 N–H and O–H groups in total. The molecule has 0 fully saturated rings. The fourth-order valence-corrected chi connectivity index (χ4v) is 3.88. The Bertz CT molecular complexity index is 646. The molecule has 0 spiro atoms. The summed E-state index contributed by atoms with van der Waals surface area (Å²) in [5.41, 5.74) is 0.630. The molecule has 0 amide bonds. The molecule has 0 aliphatic heterocycles. The van der Waals surface area contributed by atoms with E-state index in [2.05, 4.69) is 5.10 Å². The van der Waals surface area contributed by atoms with Gasteiger partial charge in [0.25, 0.3) is 9.05 Å². The van der Waals surface area contributed by atoms with Gasteiger partial charge in [0.15, 0.2) is 9.84 Å². The Kier molecular flexibility index (Phi) is 4.45. The standard InChI is InChI=1S/C9H15ClN2O4S2/c1-4-17(13,14)6-5-12-8(3)9(7(2)11-12)18(10,15)16/h4-6H2,1-3H3. The molecule has 0 aliphatic rings. The maximum Gasteiger partial charge on any atom is 0.264 e.